The van der Waals surface area contributed by atoms with E-state index < -0.39 is 11.7 Å². The molecular weight excluding hydrogens is 397 g/mol. The predicted molar refractivity (Wildman–Crippen MR) is 107 cm³/mol. The zero-order valence-corrected chi connectivity index (χ0v) is 17.2. The fraction of sp³-hybridized carbons (Fsp3) is 0.391. The van der Waals surface area contributed by atoms with Gasteiger partial charge in [-0.15, -0.1) is 0 Å². The number of Topliss-reactive ketones (excluding diaryl/α,β-unsaturated/α-hetero) is 1. The van der Waals surface area contributed by atoms with Crippen LogP contribution in [0.15, 0.2) is 42.5 Å². The fourth-order valence-electron chi connectivity index (χ4n) is 3.07. The number of carbonyl (C=O) groups is 2. The van der Waals surface area contributed by atoms with Gasteiger partial charge >= 0.3 is 12.1 Å². The second-order valence-electron chi connectivity index (χ2n) is 7.01. The van der Waals surface area contributed by atoms with Gasteiger partial charge in [-0.2, -0.15) is 13.2 Å². The standard InChI is InChI=1S/C23H25F3O4/c1-4-30-22(28)15(2)13-17-8-12-21(29-3)19(14-17)20(27)11-7-16-5-9-18(10-6-16)23(24,25)26/h5-6,8-10,12,14-15H,4,7,11,13H2,1-3H3. The highest BCUT2D eigenvalue weighted by Crippen LogP contribution is 2.29. The third kappa shape index (κ3) is 6.34. The fourth-order valence-corrected chi connectivity index (χ4v) is 3.07. The lowest BCUT2D eigenvalue weighted by Crippen LogP contribution is -2.17. The van der Waals surface area contributed by atoms with E-state index >= 15 is 0 Å². The number of ketones is 1. The van der Waals surface area contributed by atoms with Crippen LogP contribution in [0.25, 0.3) is 0 Å². The van der Waals surface area contributed by atoms with Crippen LogP contribution >= 0.6 is 0 Å². The van der Waals surface area contributed by atoms with E-state index in [0.717, 1.165) is 17.7 Å². The Kier molecular flexibility index (Phi) is 8.03. The molecule has 1 unspecified atom stereocenters. The molecule has 2 rings (SSSR count). The van der Waals surface area contributed by atoms with Crippen molar-refractivity contribution < 1.29 is 32.2 Å². The minimum atomic E-state index is -4.39. The van der Waals surface area contributed by atoms with Crippen molar-refractivity contribution in [1.29, 1.82) is 0 Å². The molecule has 2 aromatic rings. The van der Waals surface area contributed by atoms with Crippen LogP contribution in [0.5, 0.6) is 5.75 Å². The molecule has 0 spiro atoms. The highest BCUT2D eigenvalue weighted by atomic mass is 19.4. The summed E-state index contributed by atoms with van der Waals surface area (Å²) in [6.45, 7) is 3.80. The number of halogens is 3. The Morgan fingerprint density at radius 3 is 2.23 bits per heavy atom. The number of esters is 1. The molecule has 0 heterocycles. The first-order chi connectivity index (χ1) is 14.2. The van der Waals surface area contributed by atoms with E-state index in [1.165, 1.54) is 19.2 Å². The summed E-state index contributed by atoms with van der Waals surface area (Å²) >= 11 is 0. The van der Waals surface area contributed by atoms with Crippen molar-refractivity contribution in [2.24, 2.45) is 5.92 Å². The normalized spacial score (nSPS) is 12.3. The predicted octanol–water partition coefficient (Wildman–Crippen LogP) is 5.27. The third-order valence-corrected chi connectivity index (χ3v) is 4.72. The highest BCUT2D eigenvalue weighted by Gasteiger charge is 2.29. The SMILES string of the molecule is CCOC(=O)C(C)Cc1ccc(OC)c(C(=O)CCc2ccc(C(F)(F)F)cc2)c1. The van der Waals surface area contributed by atoms with Gasteiger partial charge in [0, 0.05) is 6.42 Å². The molecule has 7 heteroatoms. The Morgan fingerprint density at radius 2 is 1.67 bits per heavy atom. The van der Waals surface area contributed by atoms with Gasteiger partial charge in [-0.3, -0.25) is 9.59 Å². The van der Waals surface area contributed by atoms with Gasteiger partial charge in [0.15, 0.2) is 5.78 Å². The number of benzene rings is 2. The Labute approximate surface area is 174 Å². The summed E-state index contributed by atoms with van der Waals surface area (Å²) in [5.41, 5.74) is 1.11. The van der Waals surface area contributed by atoms with Gasteiger partial charge in [0.1, 0.15) is 5.75 Å². The Bertz CT molecular complexity index is 873. The van der Waals surface area contributed by atoms with Crippen molar-refractivity contribution in [2.75, 3.05) is 13.7 Å². The maximum absolute atomic E-state index is 12.7. The highest BCUT2D eigenvalue weighted by molar-refractivity contribution is 5.99. The van der Waals surface area contributed by atoms with Gasteiger partial charge < -0.3 is 9.47 Å². The van der Waals surface area contributed by atoms with Crippen molar-refractivity contribution in [2.45, 2.75) is 39.3 Å². The number of methoxy groups -OCH3 is 1. The molecule has 0 radical (unpaired) electrons. The van der Waals surface area contributed by atoms with Crippen LogP contribution in [0.1, 0.15) is 47.3 Å². The molecule has 0 aliphatic rings. The number of rotatable bonds is 9. The molecule has 0 aliphatic heterocycles. The molecule has 2 aromatic carbocycles. The maximum Gasteiger partial charge on any atom is 0.416 e. The zero-order chi connectivity index (χ0) is 22.3. The Morgan fingerprint density at radius 1 is 1.03 bits per heavy atom. The minimum Gasteiger partial charge on any atom is -0.496 e. The van der Waals surface area contributed by atoms with E-state index in [1.54, 1.807) is 32.0 Å². The van der Waals surface area contributed by atoms with Crippen LogP contribution in [0.2, 0.25) is 0 Å². The van der Waals surface area contributed by atoms with E-state index in [-0.39, 0.29) is 24.1 Å². The van der Waals surface area contributed by atoms with Gasteiger partial charge in [-0.1, -0.05) is 25.1 Å². The molecule has 1 atom stereocenters. The van der Waals surface area contributed by atoms with Gasteiger partial charge in [0.2, 0.25) is 0 Å². The van der Waals surface area contributed by atoms with Gasteiger partial charge in [0.25, 0.3) is 0 Å². The number of carbonyl (C=O) groups excluding carboxylic acids is 2. The monoisotopic (exact) mass is 422 g/mol. The average molecular weight is 422 g/mol. The summed E-state index contributed by atoms with van der Waals surface area (Å²) in [6, 6.07) is 9.95. The first kappa shape index (κ1) is 23.4. The van der Waals surface area contributed by atoms with Crippen molar-refractivity contribution in [3.05, 3.63) is 64.7 Å². The maximum atomic E-state index is 12.7. The first-order valence-corrected chi connectivity index (χ1v) is 9.68. The first-order valence-electron chi connectivity index (χ1n) is 9.68. The second-order valence-corrected chi connectivity index (χ2v) is 7.01. The van der Waals surface area contributed by atoms with Crippen molar-refractivity contribution >= 4 is 11.8 Å². The molecule has 30 heavy (non-hydrogen) atoms. The number of hydrogen-bond acceptors (Lipinski definition) is 4. The van der Waals surface area contributed by atoms with E-state index in [9.17, 15) is 22.8 Å². The molecule has 0 aliphatic carbocycles. The summed E-state index contributed by atoms with van der Waals surface area (Å²) in [5, 5.41) is 0. The van der Waals surface area contributed by atoms with E-state index in [2.05, 4.69) is 0 Å². The van der Waals surface area contributed by atoms with Gasteiger partial charge in [-0.25, -0.2) is 0 Å². The summed E-state index contributed by atoms with van der Waals surface area (Å²) < 4.78 is 48.3. The Hall–Kier alpha value is -2.83. The summed E-state index contributed by atoms with van der Waals surface area (Å²) in [6.07, 6.45) is -3.53. The average Bonchev–Trinajstić information content (AvgIpc) is 2.71. The molecular formula is C23H25F3O4. The molecule has 0 saturated carbocycles. The van der Waals surface area contributed by atoms with Crippen LogP contribution < -0.4 is 4.74 Å². The lowest BCUT2D eigenvalue weighted by molar-refractivity contribution is -0.147. The third-order valence-electron chi connectivity index (χ3n) is 4.72. The van der Waals surface area contributed by atoms with Crippen LogP contribution in [-0.4, -0.2) is 25.5 Å². The van der Waals surface area contributed by atoms with Gasteiger partial charge in [-0.05, 0) is 55.2 Å². The smallest absolute Gasteiger partial charge is 0.416 e. The van der Waals surface area contributed by atoms with E-state index in [0.29, 0.717) is 36.3 Å². The van der Waals surface area contributed by atoms with Crippen LogP contribution in [0.4, 0.5) is 13.2 Å². The van der Waals surface area contributed by atoms with Crippen LogP contribution in [0.3, 0.4) is 0 Å². The minimum absolute atomic E-state index is 0.124. The largest absolute Gasteiger partial charge is 0.496 e. The summed E-state index contributed by atoms with van der Waals surface area (Å²) in [5.74, 6) is -0.422. The molecule has 0 fully saturated rings. The number of aryl methyl sites for hydroxylation is 1. The number of hydrogen-bond donors (Lipinski definition) is 0. The number of alkyl halides is 3. The molecule has 0 bridgehead atoms. The number of ether oxygens (including phenoxy) is 2. The van der Waals surface area contributed by atoms with Gasteiger partial charge in [0.05, 0.1) is 30.8 Å². The molecule has 0 saturated heterocycles. The molecule has 0 amide bonds. The van der Waals surface area contributed by atoms with Crippen LogP contribution in [0, 0.1) is 5.92 Å². The summed E-state index contributed by atoms with van der Waals surface area (Å²) in [7, 11) is 1.46. The zero-order valence-electron chi connectivity index (χ0n) is 17.2. The molecule has 0 N–H and O–H groups in total. The topological polar surface area (TPSA) is 52.6 Å². The van der Waals surface area contributed by atoms with Crippen molar-refractivity contribution in [3.8, 4) is 5.75 Å². The second kappa shape index (κ2) is 10.3. The molecule has 0 aromatic heterocycles. The van der Waals surface area contributed by atoms with Crippen molar-refractivity contribution in [1.82, 2.24) is 0 Å². The quantitative estimate of drug-likeness (QED) is 0.408. The van der Waals surface area contributed by atoms with Crippen LogP contribution in [-0.2, 0) is 28.5 Å². The molecule has 162 valence electrons. The van der Waals surface area contributed by atoms with E-state index in [1.807, 2.05) is 0 Å². The lowest BCUT2D eigenvalue weighted by Gasteiger charge is -2.13. The summed E-state index contributed by atoms with van der Waals surface area (Å²) in [4.78, 5) is 24.6. The van der Waals surface area contributed by atoms with E-state index in [4.69, 9.17) is 9.47 Å². The molecule has 4 nitrogen and oxygen atoms in total. The lowest BCUT2D eigenvalue weighted by atomic mass is 9.96. The van der Waals surface area contributed by atoms with Crippen molar-refractivity contribution in [3.63, 3.8) is 0 Å². The Balaban J connectivity index is 2.09.